The van der Waals surface area contributed by atoms with Gasteiger partial charge in [0, 0.05) is 12.8 Å². The van der Waals surface area contributed by atoms with E-state index in [1.165, 1.54) is 38.5 Å². The third kappa shape index (κ3) is 23.9. The third-order valence-electron chi connectivity index (χ3n) is 3.94. The standard InChI is InChI=1S/C17H32O4.2ClH/c1-15(13-14-17(20)21)11-9-7-5-3-2-4-6-8-10-12-16(18)19;;/h15H,2-14H2,1H3,(H,18,19)(H,20,21);2*1H. The summed E-state index contributed by atoms with van der Waals surface area (Å²) in [5, 5.41) is 17.1. The molecule has 0 spiro atoms. The van der Waals surface area contributed by atoms with Crippen molar-refractivity contribution in [2.24, 2.45) is 5.92 Å². The van der Waals surface area contributed by atoms with Crippen LogP contribution in [0.1, 0.15) is 90.4 Å². The van der Waals surface area contributed by atoms with Crippen LogP contribution in [0, 0.1) is 5.92 Å². The molecule has 0 fully saturated rings. The van der Waals surface area contributed by atoms with Crippen molar-refractivity contribution >= 4 is 36.8 Å². The van der Waals surface area contributed by atoms with E-state index in [-0.39, 0.29) is 24.8 Å². The fourth-order valence-electron chi connectivity index (χ4n) is 2.52. The quantitative estimate of drug-likeness (QED) is 0.361. The molecule has 0 aliphatic rings. The van der Waals surface area contributed by atoms with E-state index in [9.17, 15) is 9.59 Å². The van der Waals surface area contributed by atoms with Crippen molar-refractivity contribution in [1.82, 2.24) is 0 Å². The second-order valence-corrected chi connectivity index (χ2v) is 6.15. The number of aliphatic carboxylic acids is 2. The van der Waals surface area contributed by atoms with Crippen LogP contribution in [0.4, 0.5) is 0 Å². The van der Waals surface area contributed by atoms with Gasteiger partial charge in [0.25, 0.3) is 0 Å². The second-order valence-electron chi connectivity index (χ2n) is 6.15. The summed E-state index contributed by atoms with van der Waals surface area (Å²) < 4.78 is 0. The fourth-order valence-corrected chi connectivity index (χ4v) is 2.52. The normalized spacial score (nSPS) is 11.2. The molecule has 1 atom stereocenters. The molecule has 0 rings (SSSR count). The zero-order chi connectivity index (χ0) is 15.9. The molecule has 0 amide bonds. The highest BCUT2D eigenvalue weighted by Gasteiger charge is 2.05. The van der Waals surface area contributed by atoms with Gasteiger partial charge in [-0.2, -0.15) is 0 Å². The first-order valence-electron chi connectivity index (χ1n) is 8.46. The lowest BCUT2D eigenvalue weighted by Gasteiger charge is -2.09. The van der Waals surface area contributed by atoms with Gasteiger partial charge < -0.3 is 10.2 Å². The van der Waals surface area contributed by atoms with Gasteiger partial charge in [-0.05, 0) is 18.8 Å². The van der Waals surface area contributed by atoms with Crippen LogP contribution in [-0.4, -0.2) is 22.2 Å². The summed E-state index contributed by atoms with van der Waals surface area (Å²) in [4.78, 5) is 20.8. The number of carboxylic acid groups (broad SMARTS) is 2. The first-order chi connectivity index (χ1) is 10.0. The molecule has 0 bridgehead atoms. The van der Waals surface area contributed by atoms with E-state index in [1.807, 2.05) is 0 Å². The Morgan fingerprint density at radius 3 is 1.48 bits per heavy atom. The lowest BCUT2D eigenvalue weighted by molar-refractivity contribution is -0.138. The van der Waals surface area contributed by atoms with Crippen molar-refractivity contribution in [1.29, 1.82) is 0 Å². The van der Waals surface area contributed by atoms with Crippen LogP contribution in [0.5, 0.6) is 0 Å². The molecule has 4 nitrogen and oxygen atoms in total. The Hall–Kier alpha value is -0.480. The molecule has 0 aromatic carbocycles. The highest BCUT2D eigenvalue weighted by Crippen LogP contribution is 2.16. The average molecular weight is 373 g/mol. The van der Waals surface area contributed by atoms with Crippen LogP contribution in [-0.2, 0) is 9.59 Å². The molecule has 6 heteroatoms. The molecule has 0 aromatic rings. The minimum atomic E-state index is -0.690. The maximum atomic E-state index is 10.5. The summed E-state index contributed by atoms with van der Waals surface area (Å²) in [6, 6.07) is 0. The Balaban J connectivity index is -0.00000200. The zero-order valence-corrected chi connectivity index (χ0v) is 15.9. The van der Waals surface area contributed by atoms with Crippen molar-refractivity contribution < 1.29 is 19.8 Å². The third-order valence-corrected chi connectivity index (χ3v) is 3.94. The van der Waals surface area contributed by atoms with Gasteiger partial charge in [-0.15, -0.1) is 24.8 Å². The van der Waals surface area contributed by atoms with E-state index in [0.29, 0.717) is 18.8 Å². The molecule has 0 aliphatic heterocycles. The molecule has 0 heterocycles. The highest BCUT2D eigenvalue weighted by molar-refractivity contribution is 5.85. The number of rotatable bonds is 15. The Kier molecular flexibility index (Phi) is 23.3. The first-order valence-corrected chi connectivity index (χ1v) is 8.46. The largest absolute Gasteiger partial charge is 0.481 e. The predicted molar refractivity (Wildman–Crippen MR) is 99.0 cm³/mol. The van der Waals surface area contributed by atoms with Crippen molar-refractivity contribution in [2.45, 2.75) is 90.4 Å². The van der Waals surface area contributed by atoms with Crippen LogP contribution in [0.25, 0.3) is 0 Å². The molecule has 1 unspecified atom stereocenters. The Morgan fingerprint density at radius 1 is 0.652 bits per heavy atom. The van der Waals surface area contributed by atoms with E-state index >= 15 is 0 Å². The van der Waals surface area contributed by atoms with Crippen molar-refractivity contribution in [2.75, 3.05) is 0 Å². The molecule has 0 radical (unpaired) electrons. The van der Waals surface area contributed by atoms with Crippen molar-refractivity contribution in [3.05, 3.63) is 0 Å². The molecule has 23 heavy (non-hydrogen) atoms. The summed E-state index contributed by atoms with van der Waals surface area (Å²) in [6.45, 7) is 2.14. The minimum absolute atomic E-state index is 0. The summed E-state index contributed by atoms with van der Waals surface area (Å²) in [7, 11) is 0. The van der Waals surface area contributed by atoms with Crippen LogP contribution in [0.15, 0.2) is 0 Å². The summed E-state index contributed by atoms with van der Waals surface area (Å²) >= 11 is 0. The molecular formula is C17H34Cl2O4. The number of hydrogen-bond acceptors (Lipinski definition) is 2. The number of hydrogen-bond donors (Lipinski definition) is 2. The summed E-state index contributed by atoms with van der Waals surface area (Å²) in [6.07, 6.45) is 13.0. The van der Waals surface area contributed by atoms with Crippen molar-refractivity contribution in [3.63, 3.8) is 0 Å². The van der Waals surface area contributed by atoms with Crippen LogP contribution in [0.3, 0.4) is 0 Å². The smallest absolute Gasteiger partial charge is 0.303 e. The molecular weight excluding hydrogens is 339 g/mol. The monoisotopic (exact) mass is 372 g/mol. The van der Waals surface area contributed by atoms with Gasteiger partial charge in [0.1, 0.15) is 0 Å². The number of carbonyl (C=O) groups is 2. The number of carboxylic acids is 2. The number of halogens is 2. The maximum Gasteiger partial charge on any atom is 0.303 e. The van der Waals surface area contributed by atoms with Gasteiger partial charge in [0.2, 0.25) is 0 Å². The summed E-state index contributed by atoms with van der Waals surface area (Å²) in [5.41, 5.74) is 0. The topological polar surface area (TPSA) is 74.6 Å². The Morgan fingerprint density at radius 2 is 1.04 bits per heavy atom. The van der Waals surface area contributed by atoms with E-state index in [1.54, 1.807) is 0 Å². The molecule has 140 valence electrons. The predicted octanol–water partition coefficient (Wildman–Crippen LogP) is 5.71. The molecule has 0 saturated heterocycles. The van der Waals surface area contributed by atoms with Crippen LogP contribution >= 0.6 is 24.8 Å². The van der Waals surface area contributed by atoms with Crippen molar-refractivity contribution in [3.8, 4) is 0 Å². The SMILES string of the molecule is CC(CCCCCCCCCCCC(=O)O)CCC(=O)O.Cl.Cl. The molecule has 0 saturated carbocycles. The minimum Gasteiger partial charge on any atom is -0.481 e. The summed E-state index contributed by atoms with van der Waals surface area (Å²) in [5.74, 6) is -0.854. The van der Waals surface area contributed by atoms with Crippen LogP contribution < -0.4 is 0 Å². The van der Waals surface area contributed by atoms with Gasteiger partial charge in [-0.1, -0.05) is 64.7 Å². The van der Waals surface area contributed by atoms with Gasteiger partial charge in [-0.3, -0.25) is 9.59 Å². The van der Waals surface area contributed by atoms with E-state index < -0.39 is 11.9 Å². The van der Waals surface area contributed by atoms with Gasteiger partial charge in [0.15, 0.2) is 0 Å². The fraction of sp³-hybridized carbons (Fsp3) is 0.882. The average Bonchev–Trinajstić information content (AvgIpc) is 2.42. The van der Waals surface area contributed by atoms with Gasteiger partial charge >= 0.3 is 11.9 Å². The van der Waals surface area contributed by atoms with E-state index in [2.05, 4.69) is 6.92 Å². The molecule has 2 N–H and O–H groups in total. The molecule has 0 aliphatic carbocycles. The molecule has 0 aromatic heterocycles. The highest BCUT2D eigenvalue weighted by atomic mass is 35.5. The Labute approximate surface area is 153 Å². The lowest BCUT2D eigenvalue weighted by Crippen LogP contribution is -2.01. The van der Waals surface area contributed by atoms with Gasteiger partial charge in [0.05, 0.1) is 0 Å². The second kappa shape index (κ2) is 19.6. The van der Waals surface area contributed by atoms with E-state index in [4.69, 9.17) is 10.2 Å². The Bertz CT molecular complexity index is 286. The maximum absolute atomic E-state index is 10.5. The number of unbranched alkanes of at least 4 members (excludes halogenated alkanes) is 8. The first kappa shape index (κ1) is 27.4. The zero-order valence-electron chi connectivity index (χ0n) is 14.3. The lowest BCUT2D eigenvalue weighted by atomic mass is 9.97. The van der Waals surface area contributed by atoms with Crippen LogP contribution in [0.2, 0.25) is 0 Å². The van der Waals surface area contributed by atoms with Gasteiger partial charge in [-0.25, -0.2) is 0 Å². The van der Waals surface area contributed by atoms with E-state index in [0.717, 1.165) is 32.1 Å².